The van der Waals surface area contributed by atoms with Crippen LogP contribution in [0.15, 0.2) is 71.4 Å². The molecule has 0 saturated heterocycles. The van der Waals surface area contributed by atoms with E-state index in [0.717, 1.165) is 0 Å². The van der Waals surface area contributed by atoms with Crippen LogP contribution in [0.25, 0.3) is 6.08 Å². The van der Waals surface area contributed by atoms with Gasteiger partial charge in [-0.2, -0.15) is 0 Å². The van der Waals surface area contributed by atoms with Crippen molar-refractivity contribution in [2.45, 2.75) is 0 Å². The second-order valence-corrected chi connectivity index (χ2v) is 5.42. The Hall–Kier alpha value is -3.25. The lowest BCUT2D eigenvalue weighted by Crippen LogP contribution is -2.05. The number of cyclic esters (lactones) is 1. The van der Waals surface area contributed by atoms with E-state index >= 15 is 0 Å². The van der Waals surface area contributed by atoms with Crippen molar-refractivity contribution >= 4 is 35.2 Å². The summed E-state index contributed by atoms with van der Waals surface area (Å²) in [7, 11) is 0. The van der Waals surface area contributed by atoms with Crippen LogP contribution < -0.4 is 0 Å². The number of carbonyl (C=O) groups excluding carboxylic acids is 1. The predicted molar refractivity (Wildman–Crippen MR) is 94.3 cm³/mol. The lowest BCUT2D eigenvalue weighted by Gasteiger charge is -2.00. The van der Waals surface area contributed by atoms with Gasteiger partial charge in [-0.05, 0) is 30.4 Å². The molecule has 0 atom stereocenters. The number of esters is 1. The van der Waals surface area contributed by atoms with Crippen LogP contribution in [-0.2, 0) is 9.53 Å². The van der Waals surface area contributed by atoms with E-state index in [2.05, 4.69) is 4.99 Å². The largest absolute Gasteiger partial charge is 0.402 e. The standard InChI is InChI=1S/C18H11ClN2O4/c19-14-9-3-2-8-13(14)17-20-15(18(22)25-17)10-5-7-12-6-1-4-11-16(12)21(23)24/h1-11H/b7-5-,15-10+. The molecule has 6 nitrogen and oxygen atoms in total. The Morgan fingerprint density at radius 1 is 1.12 bits per heavy atom. The zero-order valence-electron chi connectivity index (χ0n) is 12.8. The number of allylic oxidation sites excluding steroid dienone is 2. The highest BCUT2D eigenvalue weighted by Gasteiger charge is 2.24. The van der Waals surface area contributed by atoms with Crippen LogP contribution in [0.4, 0.5) is 5.69 Å². The molecule has 0 aliphatic carbocycles. The molecule has 0 N–H and O–H groups in total. The third-order valence-electron chi connectivity index (χ3n) is 3.39. The molecule has 0 saturated carbocycles. The number of para-hydroxylation sites is 1. The fraction of sp³-hybridized carbons (Fsp3) is 0. The minimum atomic E-state index is -0.609. The molecule has 124 valence electrons. The fourth-order valence-corrected chi connectivity index (χ4v) is 2.43. The molecule has 2 aromatic rings. The topological polar surface area (TPSA) is 81.8 Å². The number of carbonyl (C=O) groups is 1. The van der Waals surface area contributed by atoms with Crippen LogP contribution in [0.5, 0.6) is 0 Å². The molecule has 0 aromatic heterocycles. The minimum absolute atomic E-state index is 0.0218. The van der Waals surface area contributed by atoms with Gasteiger partial charge in [0.05, 0.1) is 21.1 Å². The van der Waals surface area contributed by atoms with E-state index in [9.17, 15) is 14.9 Å². The Morgan fingerprint density at radius 3 is 2.60 bits per heavy atom. The van der Waals surface area contributed by atoms with Gasteiger partial charge in [0, 0.05) is 6.07 Å². The SMILES string of the molecule is O=C1OC(c2ccccc2Cl)=N/C1=C/C=C\c1ccccc1[N+](=O)[O-]. The maximum absolute atomic E-state index is 11.9. The molecule has 0 bridgehead atoms. The Kier molecular flexibility index (Phi) is 4.72. The first-order chi connectivity index (χ1) is 12.1. The van der Waals surface area contributed by atoms with Gasteiger partial charge in [-0.25, -0.2) is 9.79 Å². The number of nitro benzene ring substituents is 1. The zero-order chi connectivity index (χ0) is 17.8. The first-order valence-electron chi connectivity index (χ1n) is 7.24. The van der Waals surface area contributed by atoms with Gasteiger partial charge in [0.2, 0.25) is 5.90 Å². The summed E-state index contributed by atoms with van der Waals surface area (Å²) >= 11 is 6.06. The highest BCUT2D eigenvalue weighted by Crippen LogP contribution is 2.23. The van der Waals surface area contributed by atoms with Crippen molar-refractivity contribution < 1.29 is 14.5 Å². The zero-order valence-corrected chi connectivity index (χ0v) is 13.5. The molecule has 7 heteroatoms. The van der Waals surface area contributed by atoms with E-state index in [0.29, 0.717) is 16.1 Å². The Bertz CT molecular complexity index is 948. The van der Waals surface area contributed by atoms with Gasteiger partial charge in [0.25, 0.3) is 5.69 Å². The Morgan fingerprint density at radius 2 is 1.84 bits per heavy atom. The summed E-state index contributed by atoms with van der Waals surface area (Å²) in [5.74, 6) is -0.483. The normalized spacial score (nSPS) is 15.5. The second kappa shape index (κ2) is 7.11. The number of aliphatic imine (C=N–C) groups is 1. The Balaban J connectivity index is 1.86. The van der Waals surface area contributed by atoms with Crippen LogP contribution >= 0.6 is 11.6 Å². The second-order valence-electron chi connectivity index (χ2n) is 5.01. The van der Waals surface area contributed by atoms with Crippen molar-refractivity contribution in [3.8, 4) is 0 Å². The van der Waals surface area contributed by atoms with Gasteiger partial charge >= 0.3 is 5.97 Å². The van der Waals surface area contributed by atoms with Gasteiger partial charge in [-0.3, -0.25) is 10.1 Å². The summed E-state index contributed by atoms with van der Waals surface area (Å²) < 4.78 is 5.12. The summed E-state index contributed by atoms with van der Waals surface area (Å²) in [6, 6.07) is 13.2. The number of ether oxygens (including phenoxy) is 1. The highest BCUT2D eigenvalue weighted by atomic mass is 35.5. The van der Waals surface area contributed by atoms with Crippen LogP contribution in [0.3, 0.4) is 0 Å². The molecule has 0 radical (unpaired) electrons. The number of hydrogen-bond acceptors (Lipinski definition) is 5. The first-order valence-corrected chi connectivity index (χ1v) is 7.61. The van der Waals surface area contributed by atoms with Gasteiger partial charge in [0.1, 0.15) is 0 Å². The third-order valence-corrected chi connectivity index (χ3v) is 3.72. The monoisotopic (exact) mass is 354 g/mol. The molecule has 1 aliphatic rings. The van der Waals surface area contributed by atoms with E-state index in [1.165, 1.54) is 24.3 Å². The number of nitro groups is 1. The maximum atomic E-state index is 11.9. The highest BCUT2D eigenvalue weighted by molar-refractivity contribution is 6.34. The summed E-state index contributed by atoms with van der Waals surface area (Å²) in [6.07, 6.45) is 4.47. The lowest BCUT2D eigenvalue weighted by molar-refractivity contribution is -0.385. The number of rotatable bonds is 4. The third kappa shape index (κ3) is 3.64. The molecule has 0 amide bonds. The van der Waals surface area contributed by atoms with E-state index in [4.69, 9.17) is 16.3 Å². The van der Waals surface area contributed by atoms with Crippen molar-refractivity contribution in [1.29, 1.82) is 0 Å². The smallest absolute Gasteiger partial charge is 0.363 e. The average molecular weight is 355 g/mol. The van der Waals surface area contributed by atoms with Crippen LogP contribution in [0.2, 0.25) is 5.02 Å². The molecular weight excluding hydrogens is 344 g/mol. The van der Waals surface area contributed by atoms with Crippen molar-refractivity contribution in [3.63, 3.8) is 0 Å². The molecule has 2 aromatic carbocycles. The van der Waals surface area contributed by atoms with E-state index in [1.807, 2.05) is 0 Å². The number of benzene rings is 2. The van der Waals surface area contributed by atoms with Gasteiger partial charge < -0.3 is 4.74 Å². The van der Waals surface area contributed by atoms with E-state index in [1.54, 1.807) is 42.5 Å². The van der Waals surface area contributed by atoms with E-state index < -0.39 is 10.9 Å². The van der Waals surface area contributed by atoms with Crippen LogP contribution in [0.1, 0.15) is 11.1 Å². The number of hydrogen-bond donors (Lipinski definition) is 0. The lowest BCUT2D eigenvalue weighted by atomic mass is 10.1. The predicted octanol–water partition coefficient (Wildman–Crippen LogP) is 4.15. The summed E-state index contributed by atoms with van der Waals surface area (Å²) in [6.45, 7) is 0. The van der Waals surface area contributed by atoms with Gasteiger partial charge in [-0.1, -0.05) is 41.9 Å². The van der Waals surface area contributed by atoms with Crippen molar-refractivity contribution in [3.05, 3.63) is 92.6 Å². The maximum Gasteiger partial charge on any atom is 0.363 e. The first kappa shape index (κ1) is 16.6. The van der Waals surface area contributed by atoms with Gasteiger partial charge in [-0.15, -0.1) is 0 Å². The molecule has 0 spiro atoms. The number of halogens is 1. The van der Waals surface area contributed by atoms with Crippen LogP contribution in [-0.4, -0.2) is 16.8 Å². The molecule has 1 aliphatic heterocycles. The molecule has 0 unspecified atom stereocenters. The number of nitrogens with zero attached hydrogens (tertiary/aromatic N) is 2. The van der Waals surface area contributed by atoms with Crippen LogP contribution in [0, 0.1) is 10.1 Å². The molecule has 3 rings (SSSR count). The summed E-state index contributed by atoms with van der Waals surface area (Å²) in [5.41, 5.74) is 1.01. The van der Waals surface area contributed by atoms with E-state index in [-0.39, 0.29) is 17.3 Å². The van der Waals surface area contributed by atoms with Crippen molar-refractivity contribution in [2.24, 2.45) is 4.99 Å². The Labute approximate surface area is 147 Å². The van der Waals surface area contributed by atoms with Gasteiger partial charge in [0.15, 0.2) is 5.70 Å². The summed E-state index contributed by atoms with van der Waals surface area (Å²) in [4.78, 5) is 26.5. The summed E-state index contributed by atoms with van der Waals surface area (Å²) in [5, 5.41) is 11.4. The van der Waals surface area contributed by atoms with Crippen molar-refractivity contribution in [2.75, 3.05) is 0 Å². The molecule has 1 heterocycles. The molecular formula is C18H11ClN2O4. The molecule has 25 heavy (non-hydrogen) atoms. The average Bonchev–Trinajstić information content (AvgIpc) is 2.96. The molecule has 0 fully saturated rings. The van der Waals surface area contributed by atoms with Crippen molar-refractivity contribution in [1.82, 2.24) is 0 Å². The quantitative estimate of drug-likeness (QED) is 0.357. The fourth-order valence-electron chi connectivity index (χ4n) is 2.21. The minimum Gasteiger partial charge on any atom is -0.402 e.